The van der Waals surface area contributed by atoms with E-state index in [2.05, 4.69) is 20.4 Å². The molecule has 78 valence electrons. The van der Waals surface area contributed by atoms with Crippen LogP contribution >= 0.6 is 0 Å². The van der Waals surface area contributed by atoms with E-state index < -0.39 is 0 Å². The lowest BCUT2D eigenvalue weighted by Crippen LogP contribution is -2.26. The van der Waals surface area contributed by atoms with Crippen molar-refractivity contribution in [3.05, 3.63) is 12.2 Å². The minimum atomic E-state index is 0.0149. The SMILES string of the molecule is C=C(C)[C@H]1CC2C3[C@H](O)C[C@@H](C1)[C@@]23C. The number of hydrogen-bond acceptors (Lipinski definition) is 1. The van der Waals surface area contributed by atoms with Crippen molar-refractivity contribution < 1.29 is 5.11 Å². The van der Waals surface area contributed by atoms with Crippen molar-refractivity contribution in [3.8, 4) is 0 Å². The number of aliphatic hydroxyl groups excluding tert-OH is 1. The van der Waals surface area contributed by atoms with Crippen LogP contribution in [-0.4, -0.2) is 11.2 Å². The number of rotatable bonds is 1. The highest BCUT2D eigenvalue weighted by Crippen LogP contribution is 2.76. The van der Waals surface area contributed by atoms with Gasteiger partial charge in [-0.3, -0.25) is 0 Å². The molecule has 1 N–H and O–H groups in total. The predicted octanol–water partition coefficient (Wildman–Crippen LogP) is 2.61. The van der Waals surface area contributed by atoms with Gasteiger partial charge in [-0.25, -0.2) is 0 Å². The molecule has 0 saturated heterocycles. The Morgan fingerprint density at radius 1 is 1.36 bits per heavy atom. The molecule has 3 rings (SSSR count). The molecule has 3 fully saturated rings. The maximum Gasteiger partial charge on any atom is 0.0579 e. The summed E-state index contributed by atoms with van der Waals surface area (Å²) in [6.07, 6.45) is 3.66. The molecular formula is C13H20O. The van der Waals surface area contributed by atoms with Crippen LogP contribution in [0.3, 0.4) is 0 Å². The number of hydrogen-bond donors (Lipinski definition) is 1. The average molecular weight is 192 g/mol. The molecule has 0 aliphatic heterocycles. The normalized spacial score (nSPS) is 59.5. The monoisotopic (exact) mass is 192 g/mol. The molecule has 3 aliphatic carbocycles. The third kappa shape index (κ3) is 0.850. The van der Waals surface area contributed by atoms with E-state index in [9.17, 15) is 5.11 Å². The second-order valence-corrected chi connectivity index (χ2v) is 6.01. The van der Waals surface area contributed by atoms with Gasteiger partial charge in [0.1, 0.15) is 0 Å². The van der Waals surface area contributed by atoms with Crippen LogP contribution < -0.4 is 0 Å². The second-order valence-electron chi connectivity index (χ2n) is 6.01. The molecule has 0 aromatic rings. The summed E-state index contributed by atoms with van der Waals surface area (Å²) < 4.78 is 0. The fraction of sp³-hybridized carbons (Fsp3) is 0.846. The van der Waals surface area contributed by atoms with Crippen molar-refractivity contribution in [1.82, 2.24) is 0 Å². The van der Waals surface area contributed by atoms with Gasteiger partial charge in [0.25, 0.3) is 0 Å². The standard InChI is InChI=1S/C13H20O/c1-7(2)8-4-9-6-11(14)12-10(5-8)13(9,12)3/h8-12,14H,1,4-6H2,2-3H3/t8-,9-,10?,11-,12?,13+/m1/s1. The van der Waals surface area contributed by atoms with E-state index in [0.717, 1.165) is 24.2 Å². The van der Waals surface area contributed by atoms with Crippen LogP contribution in [0.1, 0.15) is 33.1 Å². The molecule has 14 heavy (non-hydrogen) atoms. The smallest absolute Gasteiger partial charge is 0.0579 e. The van der Waals surface area contributed by atoms with E-state index in [1.165, 1.54) is 18.4 Å². The molecule has 2 unspecified atom stereocenters. The highest BCUT2D eigenvalue weighted by atomic mass is 16.3. The van der Waals surface area contributed by atoms with Gasteiger partial charge in [0, 0.05) is 0 Å². The summed E-state index contributed by atoms with van der Waals surface area (Å²) in [5.74, 6) is 2.97. The maximum absolute atomic E-state index is 9.91. The van der Waals surface area contributed by atoms with E-state index in [1.807, 2.05) is 0 Å². The summed E-state index contributed by atoms with van der Waals surface area (Å²) in [6.45, 7) is 8.66. The summed E-state index contributed by atoms with van der Waals surface area (Å²) in [5.41, 5.74) is 1.88. The van der Waals surface area contributed by atoms with Gasteiger partial charge < -0.3 is 5.11 Å². The van der Waals surface area contributed by atoms with Crippen LogP contribution in [0, 0.1) is 29.1 Å². The average Bonchev–Trinajstić information content (AvgIpc) is 2.59. The quantitative estimate of drug-likeness (QED) is 0.633. The largest absolute Gasteiger partial charge is 0.393 e. The molecule has 3 aliphatic rings. The van der Waals surface area contributed by atoms with Crippen molar-refractivity contribution >= 4 is 0 Å². The first kappa shape index (κ1) is 8.96. The van der Waals surface area contributed by atoms with Crippen molar-refractivity contribution in [3.63, 3.8) is 0 Å². The molecule has 0 bridgehead atoms. The Morgan fingerprint density at radius 2 is 2.07 bits per heavy atom. The number of allylic oxidation sites excluding steroid dienone is 1. The summed E-state index contributed by atoms with van der Waals surface area (Å²) >= 11 is 0. The Morgan fingerprint density at radius 3 is 2.64 bits per heavy atom. The van der Waals surface area contributed by atoms with Crippen LogP contribution in [-0.2, 0) is 0 Å². The molecule has 6 atom stereocenters. The number of aliphatic hydroxyl groups is 1. The molecule has 0 amide bonds. The van der Waals surface area contributed by atoms with Gasteiger partial charge in [0.15, 0.2) is 0 Å². The van der Waals surface area contributed by atoms with Gasteiger partial charge in [-0.2, -0.15) is 0 Å². The first-order valence-corrected chi connectivity index (χ1v) is 5.88. The Bertz CT molecular complexity index is 296. The lowest BCUT2D eigenvalue weighted by Gasteiger charge is -2.33. The van der Waals surface area contributed by atoms with Gasteiger partial charge in [-0.1, -0.05) is 19.1 Å². The van der Waals surface area contributed by atoms with E-state index in [-0.39, 0.29) is 6.10 Å². The Balaban J connectivity index is 1.85. The fourth-order valence-electron chi connectivity index (χ4n) is 4.51. The van der Waals surface area contributed by atoms with E-state index >= 15 is 0 Å². The zero-order valence-corrected chi connectivity index (χ0v) is 9.16. The van der Waals surface area contributed by atoms with Crippen molar-refractivity contribution in [2.45, 2.75) is 39.2 Å². The van der Waals surface area contributed by atoms with Gasteiger partial charge in [-0.05, 0) is 55.3 Å². The maximum atomic E-state index is 9.91. The van der Waals surface area contributed by atoms with Crippen LogP contribution in [0.15, 0.2) is 12.2 Å². The Labute approximate surface area is 86.2 Å². The zero-order valence-electron chi connectivity index (χ0n) is 9.16. The molecule has 1 nitrogen and oxygen atoms in total. The van der Waals surface area contributed by atoms with E-state index in [4.69, 9.17) is 0 Å². The van der Waals surface area contributed by atoms with Gasteiger partial charge >= 0.3 is 0 Å². The molecule has 0 aromatic heterocycles. The minimum absolute atomic E-state index is 0.0149. The third-order valence-electron chi connectivity index (χ3n) is 5.47. The van der Waals surface area contributed by atoms with Crippen LogP contribution in [0.25, 0.3) is 0 Å². The van der Waals surface area contributed by atoms with E-state index in [1.54, 1.807) is 0 Å². The van der Waals surface area contributed by atoms with Crippen molar-refractivity contribution in [1.29, 1.82) is 0 Å². The Hall–Kier alpha value is -0.300. The lowest BCUT2D eigenvalue weighted by molar-refractivity contribution is 0.114. The highest BCUT2D eigenvalue weighted by molar-refractivity contribution is 5.23. The summed E-state index contributed by atoms with van der Waals surface area (Å²) in [6, 6.07) is 0. The minimum Gasteiger partial charge on any atom is -0.393 e. The molecule has 1 heteroatoms. The Kier molecular flexibility index (Phi) is 1.56. The van der Waals surface area contributed by atoms with Crippen molar-refractivity contribution in [2.75, 3.05) is 0 Å². The first-order chi connectivity index (χ1) is 6.55. The van der Waals surface area contributed by atoms with Crippen LogP contribution in [0.4, 0.5) is 0 Å². The first-order valence-electron chi connectivity index (χ1n) is 5.88. The predicted molar refractivity (Wildman–Crippen MR) is 56.7 cm³/mol. The fourth-order valence-corrected chi connectivity index (χ4v) is 4.51. The summed E-state index contributed by atoms with van der Waals surface area (Å²) in [5, 5.41) is 9.91. The molecular weight excluding hydrogens is 172 g/mol. The van der Waals surface area contributed by atoms with Gasteiger partial charge in [0.2, 0.25) is 0 Å². The molecule has 0 aromatic carbocycles. The summed E-state index contributed by atoms with van der Waals surface area (Å²) in [7, 11) is 0. The van der Waals surface area contributed by atoms with Crippen LogP contribution in [0.5, 0.6) is 0 Å². The highest BCUT2D eigenvalue weighted by Gasteiger charge is 2.73. The topological polar surface area (TPSA) is 20.2 Å². The zero-order chi connectivity index (χ0) is 10.1. The van der Waals surface area contributed by atoms with Gasteiger partial charge in [-0.15, -0.1) is 0 Å². The lowest BCUT2D eigenvalue weighted by atomic mass is 9.72. The molecule has 0 spiro atoms. The molecule has 0 heterocycles. The third-order valence-corrected chi connectivity index (χ3v) is 5.47. The second kappa shape index (κ2) is 2.44. The van der Waals surface area contributed by atoms with E-state index in [0.29, 0.717) is 11.3 Å². The number of fused-ring (bicyclic) bond motifs is 1. The summed E-state index contributed by atoms with van der Waals surface area (Å²) in [4.78, 5) is 0. The molecule has 0 radical (unpaired) electrons. The van der Waals surface area contributed by atoms with Crippen LogP contribution in [0.2, 0.25) is 0 Å². The van der Waals surface area contributed by atoms with Gasteiger partial charge in [0.05, 0.1) is 6.10 Å². The van der Waals surface area contributed by atoms with Crippen molar-refractivity contribution in [2.24, 2.45) is 29.1 Å². The molecule has 3 saturated carbocycles.